The van der Waals surface area contributed by atoms with E-state index < -0.39 is 75.2 Å². The third kappa shape index (κ3) is 24.6. The van der Waals surface area contributed by atoms with Gasteiger partial charge in [-0.3, -0.25) is 13.8 Å². The summed E-state index contributed by atoms with van der Waals surface area (Å²) in [7, 11) is -5.14. The van der Waals surface area contributed by atoms with Gasteiger partial charge in [-0.25, -0.2) is 4.57 Å². The second-order valence-electron chi connectivity index (χ2n) is 15.7. The van der Waals surface area contributed by atoms with Gasteiger partial charge in [-0.1, -0.05) is 160 Å². The van der Waals surface area contributed by atoms with Crippen LogP contribution in [0.25, 0.3) is 0 Å². The summed E-state index contributed by atoms with van der Waals surface area (Å²) in [5.41, 5.74) is 0. The summed E-state index contributed by atoms with van der Waals surface area (Å²) in [5.74, 6) is -0.604. The monoisotopic (exact) mass is 822 g/mol. The van der Waals surface area contributed by atoms with Gasteiger partial charge in [-0.2, -0.15) is 0 Å². The maximum atomic E-state index is 12.9. The Hall–Kier alpha value is -1.22. The number of amides is 1. The predicted molar refractivity (Wildman–Crippen MR) is 220 cm³/mol. The lowest BCUT2D eigenvalue weighted by molar-refractivity contribution is -0.220. The molecule has 14 heteroatoms. The fourth-order valence-electron chi connectivity index (χ4n) is 6.90. The third-order valence-corrected chi connectivity index (χ3v) is 11.5. The maximum absolute atomic E-state index is 12.9. The molecule has 0 aliphatic heterocycles. The minimum Gasteiger partial charge on any atom is -0.393 e. The molecule has 1 rings (SSSR count). The quantitative estimate of drug-likeness (QED) is 0.0192. The fraction of sp³-hybridized carbons (Fsp3) is 0.881. The molecule has 1 aliphatic rings. The van der Waals surface area contributed by atoms with E-state index in [9.17, 15) is 50.0 Å². The van der Waals surface area contributed by atoms with Crippen LogP contribution in [0, 0.1) is 0 Å². The van der Waals surface area contributed by atoms with Gasteiger partial charge in [0.15, 0.2) is 0 Å². The second kappa shape index (κ2) is 32.6. The van der Waals surface area contributed by atoms with Gasteiger partial charge in [0.25, 0.3) is 0 Å². The molecule has 0 aromatic rings. The van der Waals surface area contributed by atoms with Crippen LogP contribution < -0.4 is 5.32 Å². The van der Waals surface area contributed by atoms with Gasteiger partial charge in [-0.15, -0.1) is 0 Å². The third-order valence-electron chi connectivity index (χ3n) is 10.5. The van der Waals surface area contributed by atoms with Crippen molar-refractivity contribution in [3.05, 3.63) is 24.3 Å². The van der Waals surface area contributed by atoms with Crippen molar-refractivity contribution in [2.45, 2.75) is 229 Å². The number of rotatable bonds is 35. The molecule has 8 atom stereocenters. The molecule has 13 nitrogen and oxygen atoms in total. The highest BCUT2D eigenvalue weighted by atomic mass is 31.2. The second-order valence-corrected chi connectivity index (χ2v) is 17.1. The molecule has 0 spiro atoms. The molecule has 0 bridgehead atoms. The Morgan fingerprint density at radius 2 is 1.05 bits per heavy atom. The molecule has 0 aromatic carbocycles. The van der Waals surface area contributed by atoms with Gasteiger partial charge in [-0.05, 0) is 32.1 Å². The lowest BCUT2D eigenvalue weighted by Gasteiger charge is -2.41. The molecule has 56 heavy (non-hydrogen) atoms. The Balaban J connectivity index is 2.55. The number of unbranched alkanes of at least 4 members (excludes halogenated alkanes) is 20. The van der Waals surface area contributed by atoms with Gasteiger partial charge in [0.05, 0.1) is 31.3 Å². The summed E-state index contributed by atoms with van der Waals surface area (Å²) in [5, 5.41) is 74.1. The van der Waals surface area contributed by atoms with Crippen LogP contribution in [0.5, 0.6) is 0 Å². The van der Waals surface area contributed by atoms with E-state index in [1.807, 2.05) is 0 Å². The van der Waals surface area contributed by atoms with E-state index >= 15 is 0 Å². The van der Waals surface area contributed by atoms with Crippen molar-refractivity contribution < 1.29 is 59.0 Å². The Morgan fingerprint density at radius 3 is 1.57 bits per heavy atom. The average Bonchev–Trinajstić information content (AvgIpc) is 3.17. The van der Waals surface area contributed by atoms with E-state index in [-0.39, 0.29) is 6.42 Å². The molecule has 1 saturated carbocycles. The molecule has 8 unspecified atom stereocenters. The number of carbonyl (C=O) groups excluding carboxylic acids is 1. The van der Waals surface area contributed by atoms with Crippen LogP contribution in [-0.2, 0) is 18.4 Å². The van der Waals surface area contributed by atoms with Crippen LogP contribution in [0.2, 0.25) is 0 Å². The van der Waals surface area contributed by atoms with Crippen LogP contribution in [0.1, 0.15) is 174 Å². The number of nitrogens with one attached hydrogen (secondary N) is 1. The van der Waals surface area contributed by atoms with Crippen molar-refractivity contribution in [2.24, 2.45) is 0 Å². The van der Waals surface area contributed by atoms with Gasteiger partial charge < -0.3 is 46.0 Å². The SMILES string of the molecule is CCCCCC/C=C/CC/C=C/C(O)C(COP(=O)(O)OC1C(O)C(O)C(O)C(O)C1O)NC(=O)CC(O)CCCCCCCCCCCCCCCCCC. The first-order chi connectivity index (χ1) is 26.8. The van der Waals surface area contributed by atoms with Crippen LogP contribution in [0.15, 0.2) is 24.3 Å². The molecular formula is C42H80NO12P. The molecule has 1 amide bonds. The molecule has 9 N–H and O–H groups in total. The van der Waals surface area contributed by atoms with Gasteiger partial charge in [0.2, 0.25) is 5.91 Å². The van der Waals surface area contributed by atoms with Crippen molar-refractivity contribution in [1.29, 1.82) is 0 Å². The Kier molecular flexibility index (Phi) is 30.7. The lowest BCUT2D eigenvalue weighted by atomic mass is 9.85. The van der Waals surface area contributed by atoms with Crippen molar-refractivity contribution in [3.8, 4) is 0 Å². The van der Waals surface area contributed by atoms with Crippen LogP contribution in [0.4, 0.5) is 0 Å². The number of phosphoric acid groups is 1. The zero-order valence-corrected chi connectivity index (χ0v) is 35.4. The number of aliphatic hydroxyl groups excluding tert-OH is 7. The number of phosphoric ester groups is 1. The average molecular weight is 822 g/mol. The summed E-state index contributed by atoms with van der Waals surface area (Å²) in [6, 6.07) is -1.25. The van der Waals surface area contributed by atoms with Crippen LogP contribution >= 0.6 is 7.82 Å². The predicted octanol–water partition coefficient (Wildman–Crippen LogP) is 6.42. The van der Waals surface area contributed by atoms with E-state index in [1.165, 1.54) is 102 Å². The molecule has 330 valence electrons. The van der Waals surface area contributed by atoms with Gasteiger partial charge in [0, 0.05) is 0 Å². The first kappa shape index (κ1) is 52.8. The van der Waals surface area contributed by atoms with E-state index in [2.05, 4.69) is 31.3 Å². The number of aliphatic hydroxyl groups is 7. The zero-order valence-electron chi connectivity index (χ0n) is 34.5. The first-order valence-corrected chi connectivity index (χ1v) is 23.4. The Labute approximate surface area is 337 Å². The number of hydrogen-bond donors (Lipinski definition) is 9. The smallest absolute Gasteiger partial charge is 0.393 e. The lowest BCUT2D eigenvalue weighted by Crippen LogP contribution is -2.64. The van der Waals surface area contributed by atoms with Crippen LogP contribution in [-0.4, -0.2) is 108 Å². The van der Waals surface area contributed by atoms with Crippen molar-refractivity contribution >= 4 is 13.7 Å². The molecule has 1 fully saturated rings. The maximum Gasteiger partial charge on any atom is 0.472 e. The summed E-state index contributed by atoms with van der Waals surface area (Å²) in [6.07, 6.45) is 20.1. The molecule has 0 radical (unpaired) electrons. The van der Waals surface area contributed by atoms with E-state index in [1.54, 1.807) is 6.08 Å². The highest BCUT2D eigenvalue weighted by molar-refractivity contribution is 7.47. The summed E-state index contributed by atoms with van der Waals surface area (Å²) >= 11 is 0. The van der Waals surface area contributed by atoms with Gasteiger partial charge >= 0.3 is 7.82 Å². The van der Waals surface area contributed by atoms with Crippen molar-refractivity contribution in [2.75, 3.05) is 6.61 Å². The summed E-state index contributed by atoms with van der Waals surface area (Å²) in [6.45, 7) is 3.67. The zero-order chi connectivity index (χ0) is 41.6. The Bertz CT molecular complexity index is 1060. The van der Waals surface area contributed by atoms with Gasteiger partial charge in [0.1, 0.15) is 36.6 Å². The fourth-order valence-corrected chi connectivity index (χ4v) is 7.87. The topological polar surface area (TPSA) is 226 Å². The molecule has 1 aliphatic carbocycles. The van der Waals surface area contributed by atoms with Crippen LogP contribution in [0.3, 0.4) is 0 Å². The molecule has 0 heterocycles. The largest absolute Gasteiger partial charge is 0.472 e. The molecule has 0 saturated heterocycles. The van der Waals surface area contributed by atoms with E-state index in [4.69, 9.17) is 9.05 Å². The number of allylic oxidation sites excluding steroid dienone is 3. The van der Waals surface area contributed by atoms with E-state index in [0.29, 0.717) is 12.8 Å². The standard InChI is InChI=1S/C42H80NO12P/c1-3-5-7-9-11-13-15-16-17-18-19-20-21-23-25-27-29-33(44)31-36(46)43-34(35(45)30-28-26-24-22-14-12-10-8-6-4-2)32-54-56(52,53)55-42-40(50)38(48)37(47)39(49)41(42)51/h14,22,28,30,33-35,37-42,44-45,47-51H,3-13,15-21,23-27,29,31-32H2,1-2H3,(H,43,46)(H,52,53)/b22-14+,30-28+. The normalized spacial score (nSPS) is 24.4. The Morgan fingerprint density at radius 1 is 0.625 bits per heavy atom. The summed E-state index contributed by atoms with van der Waals surface area (Å²) in [4.78, 5) is 23.3. The first-order valence-electron chi connectivity index (χ1n) is 21.9. The van der Waals surface area contributed by atoms with E-state index in [0.717, 1.165) is 44.9 Å². The molecular weight excluding hydrogens is 741 g/mol. The minimum absolute atomic E-state index is 0.249. The van der Waals surface area contributed by atoms with Crippen molar-refractivity contribution in [1.82, 2.24) is 5.32 Å². The summed E-state index contributed by atoms with van der Waals surface area (Å²) < 4.78 is 22.7. The number of carbonyl (C=O) groups is 1. The minimum atomic E-state index is -5.14. The number of hydrogen-bond acceptors (Lipinski definition) is 11. The molecule has 0 aromatic heterocycles. The van der Waals surface area contributed by atoms with Crippen molar-refractivity contribution in [3.63, 3.8) is 0 Å². The highest BCUT2D eigenvalue weighted by Crippen LogP contribution is 2.47. The highest BCUT2D eigenvalue weighted by Gasteiger charge is 2.51.